The van der Waals surface area contributed by atoms with Crippen LogP contribution in [0.25, 0.3) is 0 Å². The number of hydrogen-bond acceptors (Lipinski definition) is 5. The molecule has 7 nitrogen and oxygen atoms in total. The van der Waals surface area contributed by atoms with Crippen molar-refractivity contribution in [3.05, 3.63) is 11.3 Å². The summed E-state index contributed by atoms with van der Waals surface area (Å²) < 4.78 is 6.74. The standard InChI is InChI=1S/C15H24N4O3S/c1-9(6-22-5)16-13(20)14(21)17-12-10-7-23-8-11(10)18-19(12)15(2,3)4/h9H,6-8H2,1-5H3,(H,16,20)(H,17,21). The Morgan fingerprint density at radius 1 is 1.35 bits per heavy atom. The van der Waals surface area contributed by atoms with Crippen LogP contribution in [0.4, 0.5) is 5.82 Å². The van der Waals surface area contributed by atoms with E-state index in [9.17, 15) is 9.59 Å². The number of nitrogens with one attached hydrogen (secondary N) is 2. The Bertz CT molecular complexity index is 607. The molecule has 2 heterocycles. The van der Waals surface area contributed by atoms with Crippen molar-refractivity contribution in [2.24, 2.45) is 0 Å². The smallest absolute Gasteiger partial charge is 0.314 e. The van der Waals surface area contributed by atoms with Crippen molar-refractivity contribution in [1.82, 2.24) is 15.1 Å². The second kappa shape index (κ2) is 6.92. The number of methoxy groups -OCH3 is 1. The normalized spacial score (nSPS) is 15.2. The van der Waals surface area contributed by atoms with E-state index in [1.807, 2.05) is 20.8 Å². The monoisotopic (exact) mass is 340 g/mol. The molecule has 0 aliphatic carbocycles. The van der Waals surface area contributed by atoms with Gasteiger partial charge in [0, 0.05) is 30.2 Å². The number of rotatable bonds is 4. The summed E-state index contributed by atoms with van der Waals surface area (Å²) >= 11 is 1.75. The molecule has 0 bridgehead atoms. The van der Waals surface area contributed by atoms with Crippen LogP contribution in [0, 0.1) is 0 Å². The van der Waals surface area contributed by atoms with Crippen LogP contribution in [0.2, 0.25) is 0 Å². The van der Waals surface area contributed by atoms with Crippen LogP contribution >= 0.6 is 11.8 Å². The zero-order chi connectivity index (χ0) is 17.2. The minimum absolute atomic E-state index is 0.230. The van der Waals surface area contributed by atoms with Crippen LogP contribution in [-0.2, 0) is 31.4 Å². The van der Waals surface area contributed by atoms with E-state index in [0.29, 0.717) is 12.4 Å². The minimum Gasteiger partial charge on any atom is -0.383 e. The van der Waals surface area contributed by atoms with E-state index in [-0.39, 0.29) is 11.6 Å². The Kier molecular flexibility index (Phi) is 5.36. The lowest BCUT2D eigenvalue weighted by Crippen LogP contribution is -2.43. The van der Waals surface area contributed by atoms with Crippen LogP contribution in [0.3, 0.4) is 0 Å². The van der Waals surface area contributed by atoms with Gasteiger partial charge in [-0.05, 0) is 27.7 Å². The van der Waals surface area contributed by atoms with Gasteiger partial charge in [0.25, 0.3) is 0 Å². The van der Waals surface area contributed by atoms with Gasteiger partial charge in [-0.1, -0.05) is 0 Å². The van der Waals surface area contributed by atoms with Gasteiger partial charge in [0.2, 0.25) is 0 Å². The fourth-order valence-electron chi connectivity index (χ4n) is 2.37. The zero-order valence-electron chi connectivity index (χ0n) is 14.2. The average molecular weight is 340 g/mol. The van der Waals surface area contributed by atoms with E-state index in [4.69, 9.17) is 4.74 Å². The second-order valence-corrected chi connectivity index (χ2v) is 7.62. The zero-order valence-corrected chi connectivity index (χ0v) is 15.0. The molecule has 0 aromatic carbocycles. The van der Waals surface area contributed by atoms with Gasteiger partial charge in [0.1, 0.15) is 5.82 Å². The van der Waals surface area contributed by atoms with Crippen molar-refractivity contribution in [3.63, 3.8) is 0 Å². The molecule has 1 atom stereocenters. The highest BCUT2D eigenvalue weighted by atomic mass is 32.2. The lowest BCUT2D eigenvalue weighted by molar-refractivity contribution is -0.136. The van der Waals surface area contributed by atoms with Gasteiger partial charge in [-0.3, -0.25) is 9.59 Å². The number of fused-ring (bicyclic) bond motifs is 1. The Hall–Kier alpha value is -1.54. The van der Waals surface area contributed by atoms with Gasteiger partial charge in [-0.25, -0.2) is 4.68 Å². The van der Waals surface area contributed by atoms with Crippen LogP contribution < -0.4 is 10.6 Å². The van der Waals surface area contributed by atoms with Crippen LogP contribution in [0.15, 0.2) is 0 Å². The first-order valence-corrected chi connectivity index (χ1v) is 8.69. The van der Waals surface area contributed by atoms with Crippen LogP contribution in [0.1, 0.15) is 39.0 Å². The molecule has 1 aliphatic heterocycles. The molecule has 23 heavy (non-hydrogen) atoms. The first-order valence-electron chi connectivity index (χ1n) is 7.53. The number of carbonyl (C=O) groups excluding carboxylic acids is 2. The fraction of sp³-hybridized carbons (Fsp3) is 0.667. The predicted octanol–water partition coefficient (Wildman–Crippen LogP) is 1.47. The molecule has 0 fully saturated rings. The number of hydrogen-bond donors (Lipinski definition) is 2. The number of aromatic nitrogens is 2. The number of thioether (sulfide) groups is 1. The summed E-state index contributed by atoms with van der Waals surface area (Å²) in [6, 6.07) is -0.230. The number of carbonyl (C=O) groups is 2. The van der Waals surface area contributed by atoms with Crippen molar-refractivity contribution in [1.29, 1.82) is 0 Å². The molecule has 1 aromatic rings. The van der Waals surface area contributed by atoms with E-state index in [1.54, 1.807) is 30.5 Å². The summed E-state index contributed by atoms with van der Waals surface area (Å²) in [7, 11) is 1.55. The highest BCUT2D eigenvalue weighted by Gasteiger charge is 2.30. The Labute approximate surface area is 140 Å². The van der Waals surface area contributed by atoms with Gasteiger partial charge in [0.05, 0.1) is 17.8 Å². The highest BCUT2D eigenvalue weighted by Crippen LogP contribution is 2.37. The molecule has 1 aliphatic rings. The lowest BCUT2D eigenvalue weighted by atomic mass is 10.1. The first-order chi connectivity index (χ1) is 10.7. The van der Waals surface area contributed by atoms with E-state index >= 15 is 0 Å². The quantitative estimate of drug-likeness (QED) is 0.811. The molecule has 2 rings (SSSR count). The van der Waals surface area contributed by atoms with E-state index < -0.39 is 11.8 Å². The third kappa shape index (κ3) is 4.06. The first kappa shape index (κ1) is 17.8. The molecule has 2 amide bonds. The number of ether oxygens (including phenoxy) is 1. The molecule has 0 saturated carbocycles. The molecular weight excluding hydrogens is 316 g/mol. The third-order valence-electron chi connectivity index (χ3n) is 3.42. The summed E-state index contributed by atoms with van der Waals surface area (Å²) in [4.78, 5) is 24.2. The van der Waals surface area contributed by atoms with Crippen LogP contribution in [0.5, 0.6) is 0 Å². The van der Waals surface area contributed by atoms with E-state index in [2.05, 4.69) is 15.7 Å². The molecule has 128 valence electrons. The second-order valence-electron chi connectivity index (χ2n) is 6.63. The van der Waals surface area contributed by atoms with Gasteiger partial charge in [-0.2, -0.15) is 16.9 Å². The van der Waals surface area contributed by atoms with E-state index in [1.165, 1.54) is 0 Å². The van der Waals surface area contributed by atoms with Gasteiger partial charge < -0.3 is 15.4 Å². The predicted molar refractivity (Wildman–Crippen MR) is 90.3 cm³/mol. The molecule has 0 saturated heterocycles. The Morgan fingerprint density at radius 2 is 2.04 bits per heavy atom. The Balaban J connectivity index is 2.16. The van der Waals surface area contributed by atoms with Crippen LogP contribution in [-0.4, -0.2) is 41.4 Å². The molecule has 8 heteroatoms. The highest BCUT2D eigenvalue weighted by molar-refractivity contribution is 7.98. The van der Waals surface area contributed by atoms with Gasteiger partial charge in [0.15, 0.2) is 0 Å². The van der Waals surface area contributed by atoms with Crippen molar-refractivity contribution in [2.75, 3.05) is 19.0 Å². The SMILES string of the molecule is COCC(C)NC(=O)C(=O)Nc1c2c(nn1C(C)(C)C)CSC2. The number of amides is 2. The fourth-order valence-corrected chi connectivity index (χ4v) is 3.41. The Morgan fingerprint density at radius 3 is 2.65 bits per heavy atom. The maximum Gasteiger partial charge on any atom is 0.314 e. The van der Waals surface area contributed by atoms with Gasteiger partial charge in [-0.15, -0.1) is 0 Å². The number of anilines is 1. The van der Waals surface area contributed by atoms with Crippen molar-refractivity contribution in [2.45, 2.75) is 50.8 Å². The minimum atomic E-state index is -0.682. The lowest BCUT2D eigenvalue weighted by Gasteiger charge is -2.23. The molecule has 1 unspecified atom stereocenters. The molecule has 1 aromatic heterocycles. The maximum absolute atomic E-state index is 12.2. The molecule has 0 radical (unpaired) electrons. The summed E-state index contributed by atoms with van der Waals surface area (Å²) in [5.41, 5.74) is 1.71. The molecule has 0 spiro atoms. The average Bonchev–Trinajstić information content (AvgIpc) is 3.00. The summed E-state index contributed by atoms with van der Waals surface area (Å²) in [5.74, 6) is 0.895. The largest absolute Gasteiger partial charge is 0.383 e. The third-order valence-corrected chi connectivity index (χ3v) is 4.39. The summed E-state index contributed by atoms with van der Waals surface area (Å²) in [6.45, 7) is 8.17. The maximum atomic E-state index is 12.2. The summed E-state index contributed by atoms with van der Waals surface area (Å²) in [6.07, 6.45) is 0. The topological polar surface area (TPSA) is 85.2 Å². The van der Waals surface area contributed by atoms with Crippen molar-refractivity contribution >= 4 is 29.4 Å². The molecule has 2 N–H and O–H groups in total. The van der Waals surface area contributed by atoms with Gasteiger partial charge >= 0.3 is 11.8 Å². The van der Waals surface area contributed by atoms with E-state index in [0.717, 1.165) is 22.8 Å². The molecular formula is C15H24N4O3S. The van der Waals surface area contributed by atoms with Crippen molar-refractivity contribution < 1.29 is 14.3 Å². The number of nitrogens with zero attached hydrogens (tertiary/aromatic N) is 2. The van der Waals surface area contributed by atoms with Crippen molar-refractivity contribution in [3.8, 4) is 0 Å². The summed E-state index contributed by atoms with van der Waals surface area (Å²) in [5, 5.41) is 9.94.